The summed E-state index contributed by atoms with van der Waals surface area (Å²) >= 11 is 0. The molecule has 1 N–H and O–H groups in total. The van der Waals surface area contributed by atoms with Crippen molar-refractivity contribution in [3.05, 3.63) is 30.2 Å². The van der Waals surface area contributed by atoms with Crippen molar-refractivity contribution in [2.45, 2.75) is 13.5 Å². The van der Waals surface area contributed by atoms with E-state index in [0.29, 0.717) is 12.4 Å². The van der Waals surface area contributed by atoms with Crippen LogP contribution in [0.15, 0.2) is 28.7 Å². The van der Waals surface area contributed by atoms with Gasteiger partial charge >= 0.3 is 5.97 Å². The van der Waals surface area contributed by atoms with Crippen LogP contribution >= 0.6 is 0 Å². The SMILES string of the molecule is CC(C(=O)O)C1CN(Cc2nc3ccccc3o2)C1. The highest BCUT2D eigenvalue weighted by atomic mass is 16.4. The summed E-state index contributed by atoms with van der Waals surface area (Å²) in [5, 5.41) is 8.94. The second kappa shape index (κ2) is 4.66. The van der Waals surface area contributed by atoms with E-state index in [-0.39, 0.29) is 11.8 Å². The van der Waals surface area contributed by atoms with Crippen LogP contribution in [0.3, 0.4) is 0 Å². The zero-order chi connectivity index (χ0) is 13.4. The van der Waals surface area contributed by atoms with Gasteiger partial charge in [0.25, 0.3) is 0 Å². The number of carboxylic acids is 1. The van der Waals surface area contributed by atoms with Gasteiger partial charge in [-0.15, -0.1) is 0 Å². The van der Waals surface area contributed by atoms with Crippen molar-refractivity contribution < 1.29 is 14.3 Å². The molecule has 1 aromatic heterocycles. The Kier molecular flexibility index (Phi) is 2.98. The Labute approximate surface area is 110 Å². The molecule has 0 spiro atoms. The first kappa shape index (κ1) is 12.2. The fraction of sp³-hybridized carbons (Fsp3) is 0.429. The summed E-state index contributed by atoms with van der Waals surface area (Å²) in [5.74, 6) is -0.0594. The van der Waals surface area contributed by atoms with Gasteiger partial charge in [0.2, 0.25) is 5.89 Å². The molecule has 100 valence electrons. The summed E-state index contributed by atoms with van der Waals surface area (Å²) in [6.45, 7) is 4.01. The van der Waals surface area contributed by atoms with Crippen molar-refractivity contribution in [1.29, 1.82) is 0 Å². The Bertz CT molecular complexity index is 569. The molecule has 1 saturated heterocycles. The molecule has 0 bridgehead atoms. The lowest BCUT2D eigenvalue weighted by atomic mass is 9.87. The van der Waals surface area contributed by atoms with Crippen molar-refractivity contribution in [3.63, 3.8) is 0 Å². The van der Waals surface area contributed by atoms with Crippen LogP contribution < -0.4 is 0 Å². The van der Waals surface area contributed by atoms with Crippen LogP contribution in [-0.4, -0.2) is 34.0 Å². The standard InChI is InChI=1S/C14H16N2O3/c1-9(14(17)18)10-6-16(7-10)8-13-15-11-4-2-3-5-12(11)19-13/h2-5,9-10H,6-8H2,1H3,(H,17,18). The summed E-state index contributed by atoms with van der Waals surface area (Å²) in [4.78, 5) is 17.4. The number of likely N-dealkylation sites (tertiary alicyclic amines) is 1. The van der Waals surface area contributed by atoms with Gasteiger partial charge in [0.05, 0.1) is 12.5 Å². The maximum atomic E-state index is 10.9. The first-order valence-electron chi connectivity index (χ1n) is 6.43. The number of hydrogen-bond donors (Lipinski definition) is 1. The molecule has 1 aromatic carbocycles. The van der Waals surface area contributed by atoms with Gasteiger partial charge in [-0.2, -0.15) is 0 Å². The zero-order valence-corrected chi connectivity index (χ0v) is 10.7. The van der Waals surface area contributed by atoms with Crippen molar-refractivity contribution in [1.82, 2.24) is 9.88 Å². The molecule has 1 atom stereocenters. The number of benzene rings is 1. The highest BCUT2D eigenvalue weighted by Crippen LogP contribution is 2.26. The Morgan fingerprint density at radius 1 is 1.53 bits per heavy atom. The number of aromatic nitrogens is 1. The summed E-state index contributed by atoms with van der Waals surface area (Å²) in [5.41, 5.74) is 1.67. The molecule has 5 heteroatoms. The van der Waals surface area contributed by atoms with Crippen molar-refractivity contribution in [3.8, 4) is 0 Å². The van der Waals surface area contributed by atoms with E-state index in [2.05, 4.69) is 9.88 Å². The number of nitrogens with zero attached hydrogens (tertiary/aromatic N) is 2. The molecule has 0 aliphatic carbocycles. The van der Waals surface area contributed by atoms with Crippen LogP contribution in [-0.2, 0) is 11.3 Å². The third-order valence-electron chi connectivity index (χ3n) is 3.78. The average Bonchev–Trinajstić information content (AvgIpc) is 2.74. The molecule has 0 saturated carbocycles. The summed E-state index contributed by atoms with van der Waals surface area (Å²) in [6, 6.07) is 7.68. The van der Waals surface area contributed by atoms with E-state index < -0.39 is 5.97 Å². The van der Waals surface area contributed by atoms with Crippen LogP contribution in [0.1, 0.15) is 12.8 Å². The molecule has 1 unspecified atom stereocenters. The van der Waals surface area contributed by atoms with Crippen LogP contribution in [0, 0.1) is 11.8 Å². The van der Waals surface area contributed by atoms with Crippen LogP contribution in [0.2, 0.25) is 0 Å². The Balaban J connectivity index is 1.60. The smallest absolute Gasteiger partial charge is 0.306 e. The molecule has 2 heterocycles. The van der Waals surface area contributed by atoms with Gasteiger partial charge in [0.15, 0.2) is 5.58 Å². The fourth-order valence-electron chi connectivity index (χ4n) is 2.44. The topological polar surface area (TPSA) is 66.6 Å². The predicted octanol–water partition coefficient (Wildman–Crippen LogP) is 1.98. The number of carboxylic acid groups (broad SMARTS) is 1. The van der Waals surface area contributed by atoms with Crippen LogP contribution in [0.25, 0.3) is 11.1 Å². The molecule has 5 nitrogen and oxygen atoms in total. The van der Waals surface area contributed by atoms with Gasteiger partial charge in [-0.3, -0.25) is 9.69 Å². The van der Waals surface area contributed by atoms with E-state index in [1.54, 1.807) is 6.92 Å². The van der Waals surface area contributed by atoms with Crippen molar-refractivity contribution >= 4 is 17.1 Å². The number of para-hydroxylation sites is 2. The summed E-state index contributed by atoms with van der Waals surface area (Å²) < 4.78 is 5.65. The lowest BCUT2D eigenvalue weighted by molar-refractivity contribution is -0.145. The largest absolute Gasteiger partial charge is 0.481 e. The second-order valence-corrected chi connectivity index (χ2v) is 5.16. The van der Waals surface area contributed by atoms with Crippen molar-refractivity contribution in [2.75, 3.05) is 13.1 Å². The number of hydrogen-bond acceptors (Lipinski definition) is 4. The molecule has 0 radical (unpaired) electrons. The first-order valence-corrected chi connectivity index (χ1v) is 6.43. The number of oxazole rings is 1. The minimum absolute atomic E-state index is 0.238. The number of fused-ring (bicyclic) bond motifs is 1. The quantitative estimate of drug-likeness (QED) is 0.910. The molecule has 3 rings (SSSR count). The molecular formula is C14H16N2O3. The molecule has 1 aliphatic heterocycles. The molecule has 19 heavy (non-hydrogen) atoms. The minimum Gasteiger partial charge on any atom is -0.481 e. The van der Waals surface area contributed by atoms with E-state index in [9.17, 15) is 4.79 Å². The van der Waals surface area contributed by atoms with Gasteiger partial charge in [-0.1, -0.05) is 19.1 Å². The normalized spacial score (nSPS) is 18.4. The third kappa shape index (κ3) is 2.33. The maximum Gasteiger partial charge on any atom is 0.306 e. The summed E-state index contributed by atoms with van der Waals surface area (Å²) in [7, 11) is 0. The Morgan fingerprint density at radius 2 is 2.26 bits per heavy atom. The van der Waals surface area contributed by atoms with E-state index in [4.69, 9.17) is 9.52 Å². The summed E-state index contributed by atoms with van der Waals surface area (Å²) in [6.07, 6.45) is 0. The maximum absolute atomic E-state index is 10.9. The minimum atomic E-state index is -0.716. The molecule has 1 fully saturated rings. The molecule has 1 aliphatic rings. The van der Waals surface area contributed by atoms with E-state index in [1.165, 1.54) is 0 Å². The third-order valence-corrected chi connectivity index (χ3v) is 3.78. The first-order chi connectivity index (χ1) is 9.13. The van der Waals surface area contributed by atoms with Gasteiger partial charge < -0.3 is 9.52 Å². The number of rotatable bonds is 4. The van der Waals surface area contributed by atoms with Gasteiger partial charge in [-0.25, -0.2) is 4.98 Å². The van der Waals surface area contributed by atoms with Gasteiger partial charge in [-0.05, 0) is 18.1 Å². The van der Waals surface area contributed by atoms with E-state index in [0.717, 1.165) is 24.2 Å². The van der Waals surface area contributed by atoms with Gasteiger partial charge in [0, 0.05) is 13.1 Å². The van der Waals surface area contributed by atoms with E-state index >= 15 is 0 Å². The lowest BCUT2D eigenvalue weighted by Gasteiger charge is -2.40. The monoisotopic (exact) mass is 260 g/mol. The highest BCUT2D eigenvalue weighted by molar-refractivity contribution is 5.72. The second-order valence-electron chi connectivity index (χ2n) is 5.16. The average molecular weight is 260 g/mol. The van der Waals surface area contributed by atoms with Crippen LogP contribution in [0.4, 0.5) is 0 Å². The van der Waals surface area contributed by atoms with Crippen molar-refractivity contribution in [2.24, 2.45) is 11.8 Å². The van der Waals surface area contributed by atoms with Crippen LogP contribution in [0.5, 0.6) is 0 Å². The molecule has 0 amide bonds. The Morgan fingerprint density at radius 3 is 2.95 bits per heavy atom. The van der Waals surface area contributed by atoms with Gasteiger partial charge in [0.1, 0.15) is 5.52 Å². The number of carbonyl (C=O) groups is 1. The molecule has 2 aromatic rings. The highest BCUT2D eigenvalue weighted by Gasteiger charge is 2.35. The molecular weight excluding hydrogens is 244 g/mol. The fourth-order valence-corrected chi connectivity index (χ4v) is 2.44. The number of aliphatic carboxylic acids is 1. The lowest BCUT2D eigenvalue weighted by Crippen LogP contribution is -2.50. The Hall–Kier alpha value is -1.88. The van der Waals surface area contributed by atoms with E-state index in [1.807, 2.05) is 24.3 Å². The predicted molar refractivity (Wildman–Crippen MR) is 69.6 cm³/mol. The zero-order valence-electron chi connectivity index (χ0n) is 10.7.